The van der Waals surface area contributed by atoms with Crippen LogP contribution in [0.4, 0.5) is 0 Å². The number of para-hydroxylation sites is 1. The zero-order valence-electron chi connectivity index (χ0n) is 8.46. The molecule has 3 rings (SSSR count). The summed E-state index contributed by atoms with van der Waals surface area (Å²) in [5.74, 6) is 5.41. The Hall–Kier alpha value is -1.77. The van der Waals surface area contributed by atoms with Crippen LogP contribution >= 0.6 is 0 Å². The number of fused-ring (bicyclic) bond motifs is 3. The molecule has 0 saturated heterocycles. The summed E-state index contributed by atoms with van der Waals surface area (Å²) >= 11 is 0. The third-order valence-electron chi connectivity index (χ3n) is 3.10. The van der Waals surface area contributed by atoms with Crippen LogP contribution in [0.3, 0.4) is 0 Å². The predicted molar refractivity (Wildman–Crippen MR) is 62.0 cm³/mol. The van der Waals surface area contributed by atoms with E-state index >= 15 is 0 Å². The molecule has 1 aromatic carbocycles. The van der Waals surface area contributed by atoms with Crippen LogP contribution in [0.15, 0.2) is 29.4 Å². The van der Waals surface area contributed by atoms with E-state index in [1.165, 1.54) is 16.5 Å². The topological polar surface area (TPSA) is 54.2 Å². The van der Waals surface area contributed by atoms with Crippen molar-refractivity contribution in [2.75, 3.05) is 0 Å². The van der Waals surface area contributed by atoms with Gasteiger partial charge >= 0.3 is 0 Å². The molecule has 0 radical (unpaired) electrons. The Labute approximate surface area is 88.0 Å². The van der Waals surface area contributed by atoms with Crippen LogP contribution in [0, 0.1) is 0 Å². The Morgan fingerprint density at radius 3 is 2.93 bits per heavy atom. The molecular weight excluding hydrogens is 186 g/mol. The third kappa shape index (κ3) is 1.16. The number of aromatic nitrogens is 1. The van der Waals surface area contributed by atoms with Crippen LogP contribution in [0.1, 0.15) is 24.1 Å². The van der Waals surface area contributed by atoms with Gasteiger partial charge in [0.05, 0.1) is 11.4 Å². The average molecular weight is 199 g/mol. The monoisotopic (exact) mass is 199 g/mol. The molecular formula is C12H13N3. The number of benzene rings is 1. The number of aromatic amines is 1. The number of hydrogen-bond donors (Lipinski definition) is 2. The lowest BCUT2D eigenvalue weighted by atomic mass is 9.94. The molecule has 3 nitrogen and oxygen atoms in total. The Kier molecular flexibility index (Phi) is 1.78. The van der Waals surface area contributed by atoms with Crippen molar-refractivity contribution in [1.29, 1.82) is 0 Å². The number of hydrazone groups is 1. The fraction of sp³-hybridized carbons (Fsp3) is 0.250. The fourth-order valence-electron chi connectivity index (χ4n) is 2.39. The Morgan fingerprint density at radius 2 is 2.07 bits per heavy atom. The molecule has 1 heterocycles. The Morgan fingerprint density at radius 1 is 1.20 bits per heavy atom. The first-order valence-corrected chi connectivity index (χ1v) is 5.27. The summed E-state index contributed by atoms with van der Waals surface area (Å²) < 4.78 is 0. The quantitative estimate of drug-likeness (QED) is 0.496. The fourth-order valence-corrected chi connectivity index (χ4v) is 2.39. The van der Waals surface area contributed by atoms with Crippen LogP contribution in [0.25, 0.3) is 10.9 Å². The summed E-state index contributed by atoms with van der Waals surface area (Å²) in [6.07, 6.45) is 3.25. The minimum atomic E-state index is 0.982. The van der Waals surface area contributed by atoms with Crippen molar-refractivity contribution in [2.24, 2.45) is 10.9 Å². The number of nitrogens with one attached hydrogen (secondary N) is 1. The lowest BCUT2D eigenvalue weighted by Gasteiger charge is -2.12. The minimum Gasteiger partial charge on any atom is -0.353 e. The van der Waals surface area contributed by atoms with Gasteiger partial charge in [0.1, 0.15) is 0 Å². The SMILES string of the molecule is NN=C1CCCc2c1[nH]c1ccccc21. The molecule has 0 unspecified atom stereocenters. The normalized spacial score (nSPS) is 18.3. The Bertz CT molecular complexity index is 537. The van der Waals surface area contributed by atoms with Crippen molar-refractivity contribution < 1.29 is 0 Å². The van der Waals surface area contributed by atoms with Crippen LogP contribution < -0.4 is 5.84 Å². The first-order chi connectivity index (χ1) is 7.40. The minimum absolute atomic E-state index is 0.982. The molecule has 76 valence electrons. The largest absolute Gasteiger partial charge is 0.353 e. The number of nitrogens with zero attached hydrogens (tertiary/aromatic N) is 1. The molecule has 3 heteroatoms. The molecule has 2 aromatic rings. The summed E-state index contributed by atoms with van der Waals surface area (Å²) in [6, 6.07) is 8.37. The van der Waals surface area contributed by atoms with E-state index in [1.807, 2.05) is 6.07 Å². The molecule has 1 aliphatic carbocycles. The van der Waals surface area contributed by atoms with Gasteiger partial charge < -0.3 is 10.8 Å². The molecule has 0 spiro atoms. The second kappa shape index (κ2) is 3.12. The summed E-state index contributed by atoms with van der Waals surface area (Å²) in [5, 5.41) is 5.18. The number of aryl methyl sites for hydroxylation is 1. The number of nitrogens with two attached hydrogens (primary N) is 1. The molecule has 0 amide bonds. The number of rotatable bonds is 0. The zero-order chi connectivity index (χ0) is 10.3. The summed E-state index contributed by atoms with van der Waals surface area (Å²) in [7, 11) is 0. The first-order valence-electron chi connectivity index (χ1n) is 5.27. The molecule has 0 fully saturated rings. The van der Waals surface area contributed by atoms with Gasteiger partial charge in [-0.2, -0.15) is 5.10 Å². The van der Waals surface area contributed by atoms with Crippen LogP contribution in [-0.2, 0) is 6.42 Å². The van der Waals surface area contributed by atoms with Gasteiger partial charge in [0.2, 0.25) is 0 Å². The van der Waals surface area contributed by atoms with Crippen molar-refractivity contribution in [2.45, 2.75) is 19.3 Å². The van der Waals surface area contributed by atoms with Gasteiger partial charge in [0, 0.05) is 10.9 Å². The van der Waals surface area contributed by atoms with Gasteiger partial charge in [-0.15, -0.1) is 0 Å². The molecule has 0 bridgehead atoms. The Balaban J connectivity index is 2.34. The van der Waals surface area contributed by atoms with E-state index in [-0.39, 0.29) is 0 Å². The molecule has 1 aliphatic rings. The zero-order valence-corrected chi connectivity index (χ0v) is 8.46. The lowest BCUT2D eigenvalue weighted by Crippen LogP contribution is -2.12. The second-order valence-corrected chi connectivity index (χ2v) is 3.95. The number of H-pyrrole nitrogens is 1. The van der Waals surface area contributed by atoms with Gasteiger partial charge in [0.15, 0.2) is 0 Å². The van der Waals surface area contributed by atoms with Crippen molar-refractivity contribution >= 4 is 16.6 Å². The van der Waals surface area contributed by atoms with Crippen molar-refractivity contribution in [3.63, 3.8) is 0 Å². The van der Waals surface area contributed by atoms with Crippen LogP contribution in [-0.4, -0.2) is 10.7 Å². The van der Waals surface area contributed by atoms with Crippen molar-refractivity contribution in [3.8, 4) is 0 Å². The van der Waals surface area contributed by atoms with E-state index in [2.05, 4.69) is 28.3 Å². The van der Waals surface area contributed by atoms with Crippen molar-refractivity contribution in [1.82, 2.24) is 4.98 Å². The average Bonchev–Trinajstić information content (AvgIpc) is 2.67. The van der Waals surface area contributed by atoms with Gasteiger partial charge in [-0.25, -0.2) is 0 Å². The maximum Gasteiger partial charge on any atom is 0.0837 e. The second-order valence-electron chi connectivity index (χ2n) is 3.95. The first kappa shape index (κ1) is 8.53. The standard InChI is InChI=1S/C12H13N3/c13-15-11-7-3-5-9-8-4-1-2-6-10(8)14-12(9)11/h1-2,4,6,14H,3,5,7,13H2. The number of hydrogen-bond acceptors (Lipinski definition) is 2. The van der Waals surface area contributed by atoms with Gasteiger partial charge in [-0.1, -0.05) is 18.2 Å². The van der Waals surface area contributed by atoms with Crippen LogP contribution in [0.2, 0.25) is 0 Å². The van der Waals surface area contributed by atoms with Crippen LogP contribution in [0.5, 0.6) is 0 Å². The van der Waals surface area contributed by atoms with E-state index in [0.717, 1.165) is 30.7 Å². The van der Waals surface area contributed by atoms with E-state index < -0.39 is 0 Å². The summed E-state index contributed by atoms with van der Waals surface area (Å²) in [4.78, 5) is 3.41. The highest BCUT2D eigenvalue weighted by Crippen LogP contribution is 2.28. The predicted octanol–water partition coefficient (Wildman–Crippen LogP) is 2.17. The summed E-state index contributed by atoms with van der Waals surface area (Å²) in [5.41, 5.74) is 4.71. The maximum atomic E-state index is 5.41. The van der Waals surface area contributed by atoms with E-state index in [1.54, 1.807) is 0 Å². The maximum absolute atomic E-state index is 5.41. The highest BCUT2D eigenvalue weighted by molar-refractivity contribution is 6.06. The van der Waals surface area contributed by atoms with Gasteiger partial charge in [-0.05, 0) is 30.9 Å². The van der Waals surface area contributed by atoms with E-state index in [9.17, 15) is 0 Å². The molecule has 0 aliphatic heterocycles. The third-order valence-corrected chi connectivity index (χ3v) is 3.10. The molecule has 15 heavy (non-hydrogen) atoms. The highest BCUT2D eigenvalue weighted by Gasteiger charge is 2.19. The smallest absolute Gasteiger partial charge is 0.0837 e. The van der Waals surface area contributed by atoms with E-state index in [0.29, 0.717) is 0 Å². The highest BCUT2D eigenvalue weighted by atomic mass is 15.1. The molecule has 0 atom stereocenters. The molecule has 1 aromatic heterocycles. The molecule has 0 saturated carbocycles. The van der Waals surface area contributed by atoms with Gasteiger partial charge in [0.25, 0.3) is 0 Å². The van der Waals surface area contributed by atoms with E-state index in [4.69, 9.17) is 5.84 Å². The summed E-state index contributed by atoms with van der Waals surface area (Å²) in [6.45, 7) is 0. The van der Waals surface area contributed by atoms with Crippen molar-refractivity contribution in [3.05, 3.63) is 35.5 Å². The molecule has 3 N–H and O–H groups in total. The van der Waals surface area contributed by atoms with Gasteiger partial charge in [-0.3, -0.25) is 0 Å². The lowest BCUT2D eigenvalue weighted by molar-refractivity contribution is 0.837.